The second-order valence-electron chi connectivity index (χ2n) is 7.26. The van der Waals surface area contributed by atoms with E-state index in [1.165, 1.54) is 12.1 Å². The van der Waals surface area contributed by atoms with Gasteiger partial charge in [0.1, 0.15) is 6.61 Å². The van der Waals surface area contributed by atoms with Gasteiger partial charge in [0, 0.05) is 6.54 Å². The molecule has 1 atom stereocenters. The minimum Gasteiger partial charge on any atom is -0.463 e. The Bertz CT molecular complexity index is 1020. The van der Waals surface area contributed by atoms with Crippen LogP contribution in [0.1, 0.15) is 30.9 Å². The number of rotatable bonds is 7. The average molecular weight is 447 g/mol. The van der Waals surface area contributed by atoms with Crippen LogP contribution in [-0.2, 0) is 30.9 Å². The molecular formula is C22H26N2O6S. The standard InChI is InChI=1S/C22H26N2O6S/c1-3-29-20(25)22(23-21(26)30-16-18-8-5-4-6-9-18)14-7-15-24(22)31(27,28)19-12-10-17(2)11-13-19/h4-6,8-13H,3,7,14-16H2,1-2H3,(H,23,26). The third kappa shape index (κ3) is 4.88. The highest BCUT2D eigenvalue weighted by atomic mass is 32.2. The lowest BCUT2D eigenvalue weighted by molar-refractivity contribution is -0.155. The third-order valence-electron chi connectivity index (χ3n) is 5.07. The van der Waals surface area contributed by atoms with Gasteiger partial charge in [-0.25, -0.2) is 18.0 Å². The summed E-state index contributed by atoms with van der Waals surface area (Å²) in [6.07, 6.45) is -0.442. The SMILES string of the molecule is CCOC(=O)C1(NC(=O)OCc2ccccc2)CCCN1S(=O)(=O)c1ccc(C)cc1. The molecule has 1 saturated heterocycles. The number of benzene rings is 2. The Hall–Kier alpha value is -2.91. The molecule has 166 valence electrons. The maximum Gasteiger partial charge on any atom is 0.409 e. The fourth-order valence-electron chi connectivity index (χ4n) is 3.52. The third-order valence-corrected chi connectivity index (χ3v) is 7.01. The highest BCUT2D eigenvalue weighted by Gasteiger charge is 2.55. The number of ether oxygens (including phenoxy) is 2. The lowest BCUT2D eigenvalue weighted by atomic mass is 10.1. The normalized spacial score (nSPS) is 19.0. The van der Waals surface area contributed by atoms with E-state index in [9.17, 15) is 18.0 Å². The van der Waals surface area contributed by atoms with Crippen LogP contribution in [0.3, 0.4) is 0 Å². The van der Waals surface area contributed by atoms with Crippen molar-refractivity contribution in [2.45, 2.75) is 43.9 Å². The summed E-state index contributed by atoms with van der Waals surface area (Å²) in [6, 6.07) is 15.3. The second kappa shape index (κ2) is 9.49. The first-order chi connectivity index (χ1) is 14.8. The number of esters is 1. The Morgan fingerprint density at radius 2 is 1.74 bits per heavy atom. The van der Waals surface area contributed by atoms with Crippen molar-refractivity contribution in [3.8, 4) is 0 Å². The molecule has 31 heavy (non-hydrogen) atoms. The summed E-state index contributed by atoms with van der Waals surface area (Å²) in [5.41, 5.74) is -0.203. The van der Waals surface area contributed by atoms with Gasteiger partial charge in [-0.2, -0.15) is 4.31 Å². The summed E-state index contributed by atoms with van der Waals surface area (Å²) in [5.74, 6) is -0.833. The molecule has 0 spiro atoms. The number of nitrogens with zero attached hydrogens (tertiary/aromatic N) is 1. The predicted octanol–water partition coefficient (Wildman–Crippen LogP) is 2.97. The maximum absolute atomic E-state index is 13.4. The summed E-state index contributed by atoms with van der Waals surface area (Å²) in [5, 5.41) is 2.50. The van der Waals surface area contributed by atoms with Gasteiger partial charge in [-0.15, -0.1) is 0 Å². The largest absolute Gasteiger partial charge is 0.463 e. The summed E-state index contributed by atoms with van der Waals surface area (Å²) >= 11 is 0. The Labute approximate surface area is 182 Å². The van der Waals surface area contributed by atoms with Crippen molar-refractivity contribution >= 4 is 22.1 Å². The summed E-state index contributed by atoms with van der Waals surface area (Å²) in [6.45, 7) is 3.55. The molecule has 2 aromatic carbocycles. The first-order valence-corrected chi connectivity index (χ1v) is 11.5. The molecule has 2 aromatic rings. The molecule has 0 bridgehead atoms. The molecule has 1 heterocycles. The van der Waals surface area contributed by atoms with E-state index < -0.39 is 27.7 Å². The fraction of sp³-hybridized carbons (Fsp3) is 0.364. The first-order valence-electron chi connectivity index (χ1n) is 10.0. The van der Waals surface area contributed by atoms with Crippen LogP contribution in [0.2, 0.25) is 0 Å². The number of carbonyl (C=O) groups excluding carboxylic acids is 2. The van der Waals surface area contributed by atoms with E-state index >= 15 is 0 Å². The van der Waals surface area contributed by atoms with Crippen LogP contribution in [0.5, 0.6) is 0 Å². The number of sulfonamides is 1. The number of alkyl carbamates (subject to hydrolysis) is 1. The lowest BCUT2D eigenvalue weighted by Gasteiger charge is -2.35. The van der Waals surface area contributed by atoms with Gasteiger partial charge in [-0.3, -0.25) is 5.32 Å². The van der Waals surface area contributed by atoms with E-state index in [1.54, 1.807) is 31.2 Å². The van der Waals surface area contributed by atoms with Crippen molar-refractivity contribution in [2.75, 3.05) is 13.2 Å². The van der Waals surface area contributed by atoms with Crippen molar-refractivity contribution < 1.29 is 27.5 Å². The second-order valence-corrected chi connectivity index (χ2v) is 9.12. The number of nitrogens with one attached hydrogen (secondary N) is 1. The zero-order valence-electron chi connectivity index (χ0n) is 17.5. The van der Waals surface area contributed by atoms with Gasteiger partial charge in [-0.05, 0) is 44.4 Å². The molecule has 3 rings (SSSR count). The van der Waals surface area contributed by atoms with Gasteiger partial charge in [0.15, 0.2) is 0 Å². The predicted molar refractivity (Wildman–Crippen MR) is 113 cm³/mol. The zero-order valence-corrected chi connectivity index (χ0v) is 18.4. The molecule has 1 aliphatic rings. The van der Waals surface area contributed by atoms with Crippen LogP contribution in [0.25, 0.3) is 0 Å². The minimum absolute atomic E-state index is 0.0176. The Kier molecular flexibility index (Phi) is 6.97. The first kappa shape index (κ1) is 22.8. The van der Waals surface area contributed by atoms with E-state index in [2.05, 4.69) is 5.32 Å². The van der Waals surface area contributed by atoms with Gasteiger partial charge < -0.3 is 9.47 Å². The highest BCUT2D eigenvalue weighted by molar-refractivity contribution is 7.89. The van der Waals surface area contributed by atoms with Crippen molar-refractivity contribution in [3.63, 3.8) is 0 Å². The van der Waals surface area contributed by atoms with E-state index in [0.717, 1.165) is 15.4 Å². The van der Waals surface area contributed by atoms with Crippen LogP contribution in [0, 0.1) is 6.92 Å². The van der Waals surface area contributed by atoms with E-state index in [4.69, 9.17) is 9.47 Å². The zero-order chi connectivity index (χ0) is 22.5. The molecule has 1 unspecified atom stereocenters. The number of carbonyl (C=O) groups is 2. The van der Waals surface area contributed by atoms with Crippen molar-refractivity contribution in [1.29, 1.82) is 0 Å². The van der Waals surface area contributed by atoms with Gasteiger partial charge in [0.05, 0.1) is 11.5 Å². The average Bonchev–Trinajstić information content (AvgIpc) is 3.19. The summed E-state index contributed by atoms with van der Waals surface area (Å²) in [7, 11) is -4.08. The molecule has 8 nitrogen and oxygen atoms in total. The van der Waals surface area contributed by atoms with E-state index in [-0.39, 0.29) is 31.1 Å². The molecule has 0 aromatic heterocycles. The quantitative estimate of drug-likeness (QED) is 0.656. The monoisotopic (exact) mass is 446 g/mol. The number of hydrogen-bond donors (Lipinski definition) is 1. The highest BCUT2D eigenvalue weighted by Crippen LogP contribution is 2.34. The van der Waals surface area contributed by atoms with Gasteiger partial charge >= 0.3 is 12.1 Å². The summed E-state index contributed by atoms with van der Waals surface area (Å²) < 4.78 is 38.1. The van der Waals surface area contributed by atoms with Crippen LogP contribution in [0.4, 0.5) is 4.79 Å². The Balaban J connectivity index is 1.88. The fourth-order valence-corrected chi connectivity index (χ4v) is 5.24. The van der Waals surface area contributed by atoms with Crippen LogP contribution >= 0.6 is 0 Å². The van der Waals surface area contributed by atoms with Crippen LogP contribution in [0.15, 0.2) is 59.5 Å². The molecule has 1 fully saturated rings. The smallest absolute Gasteiger partial charge is 0.409 e. The lowest BCUT2D eigenvalue weighted by Crippen LogP contribution is -2.64. The van der Waals surface area contributed by atoms with Crippen LogP contribution in [-0.4, -0.2) is 43.6 Å². The molecule has 1 aliphatic heterocycles. The number of aryl methyl sites for hydroxylation is 1. The number of amides is 1. The molecule has 1 N–H and O–H groups in total. The molecule has 1 amide bonds. The molecule has 0 radical (unpaired) electrons. The van der Waals surface area contributed by atoms with Gasteiger partial charge in [0.2, 0.25) is 15.7 Å². The minimum atomic E-state index is -4.08. The van der Waals surface area contributed by atoms with Crippen molar-refractivity contribution in [3.05, 3.63) is 65.7 Å². The Morgan fingerprint density at radius 3 is 2.39 bits per heavy atom. The van der Waals surface area contributed by atoms with E-state index in [0.29, 0.717) is 6.42 Å². The molecule has 9 heteroatoms. The van der Waals surface area contributed by atoms with Crippen LogP contribution < -0.4 is 5.32 Å². The Morgan fingerprint density at radius 1 is 1.06 bits per heavy atom. The van der Waals surface area contributed by atoms with Gasteiger partial charge in [0.25, 0.3) is 0 Å². The van der Waals surface area contributed by atoms with Crippen molar-refractivity contribution in [1.82, 2.24) is 9.62 Å². The maximum atomic E-state index is 13.4. The molecule has 0 aliphatic carbocycles. The van der Waals surface area contributed by atoms with E-state index in [1.807, 2.05) is 25.1 Å². The molecule has 0 saturated carbocycles. The van der Waals surface area contributed by atoms with Gasteiger partial charge in [-0.1, -0.05) is 48.0 Å². The van der Waals surface area contributed by atoms with Crippen molar-refractivity contribution in [2.24, 2.45) is 0 Å². The summed E-state index contributed by atoms with van der Waals surface area (Å²) in [4.78, 5) is 25.5. The molecular weight excluding hydrogens is 420 g/mol. The topological polar surface area (TPSA) is 102 Å². The number of hydrogen-bond acceptors (Lipinski definition) is 6.